The van der Waals surface area contributed by atoms with Crippen LogP contribution in [0, 0.1) is 0 Å². The Morgan fingerprint density at radius 2 is 1.89 bits per heavy atom. The summed E-state index contributed by atoms with van der Waals surface area (Å²) in [7, 11) is 2.43. The van der Waals surface area contributed by atoms with Crippen LogP contribution < -0.4 is 14.8 Å². The molecule has 0 spiro atoms. The van der Waals surface area contributed by atoms with Gasteiger partial charge in [0.25, 0.3) is 0 Å². The fraction of sp³-hybridized carbons (Fsp3) is 0.571. The molecular formula is C14H23NO3S. The van der Waals surface area contributed by atoms with Crippen LogP contribution in [0.5, 0.6) is 11.5 Å². The number of methoxy groups -OCH3 is 2. The van der Waals surface area contributed by atoms with E-state index in [1.165, 1.54) is 0 Å². The third-order valence-corrected chi connectivity index (χ3v) is 4.28. The Morgan fingerprint density at radius 1 is 1.21 bits per heavy atom. The zero-order valence-electron chi connectivity index (χ0n) is 12.1. The molecule has 2 atom stereocenters. The standard InChI is InChI=1S/C14H23NO3S/c1-5-15-12(10-19(16)6-2)11-7-8-13(17-3)14(9-11)18-4/h7-9,12,15H,5-6,10H2,1-4H3. The number of hydrogen-bond acceptors (Lipinski definition) is 4. The Hall–Kier alpha value is -1.07. The summed E-state index contributed by atoms with van der Waals surface area (Å²) in [6.07, 6.45) is 0. The van der Waals surface area contributed by atoms with Crippen LogP contribution in [0.3, 0.4) is 0 Å². The molecule has 0 radical (unpaired) electrons. The largest absolute Gasteiger partial charge is 0.493 e. The molecule has 0 saturated heterocycles. The van der Waals surface area contributed by atoms with Gasteiger partial charge < -0.3 is 14.8 Å². The van der Waals surface area contributed by atoms with Crippen molar-refractivity contribution in [3.63, 3.8) is 0 Å². The molecule has 5 heteroatoms. The van der Waals surface area contributed by atoms with Gasteiger partial charge in [0.2, 0.25) is 0 Å². The lowest BCUT2D eigenvalue weighted by molar-refractivity contribution is 0.354. The first-order valence-electron chi connectivity index (χ1n) is 6.46. The van der Waals surface area contributed by atoms with Gasteiger partial charge in [0.1, 0.15) is 0 Å². The second-order valence-corrected chi connectivity index (χ2v) is 5.91. The summed E-state index contributed by atoms with van der Waals surface area (Å²) in [6.45, 7) is 4.82. The van der Waals surface area contributed by atoms with Crippen molar-refractivity contribution in [3.05, 3.63) is 23.8 Å². The Bertz CT molecular complexity index is 423. The van der Waals surface area contributed by atoms with E-state index in [4.69, 9.17) is 9.47 Å². The van der Waals surface area contributed by atoms with Gasteiger partial charge in [-0.1, -0.05) is 19.9 Å². The summed E-state index contributed by atoms with van der Waals surface area (Å²) in [5.74, 6) is 2.69. The summed E-state index contributed by atoms with van der Waals surface area (Å²) in [6, 6.07) is 5.89. The van der Waals surface area contributed by atoms with Crippen LogP contribution in [0.4, 0.5) is 0 Å². The molecule has 4 nitrogen and oxygen atoms in total. The van der Waals surface area contributed by atoms with Gasteiger partial charge in [-0.3, -0.25) is 4.21 Å². The van der Waals surface area contributed by atoms with Crippen molar-refractivity contribution in [2.24, 2.45) is 0 Å². The zero-order valence-corrected chi connectivity index (χ0v) is 12.9. The van der Waals surface area contributed by atoms with E-state index >= 15 is 0 Å². The predicted molar refractivity (Wildman–Crippen MR) is 79.5 cm³/mol. The van der Waals surface area contributed by atoms with E-state index in [0.29, 0.717) is 23.0 Å². The molecule has 0 heterocycles. The van der Waals surface area contributed by atoms with E-state index < -0.39 is 10.8 Å². The predicted octanol–water partition coefficient (Wildman–Crippen LogP) is 2.12. The van der Waals surface area contributed by atoms with Crippen LogP contribution in [-0.2, 0) is 10.8 Å². The van der Waals surface area contributed by atoms with Gasteiger partial charge >= 0.3 is 0 Å². The van der Waals surface area contributed by atoms with Gasteiger partial charge in [0.15, 0.2) is 11.5 Å². The zero-order chi connectivity index (χ0) is 14.3. The van der Waals surface area contributed by atoms with Crippen molar-refractivity contribution >= 4 is 10.8 Å². The number of rotatable bonds is 8. The minimum atomic E-state index is -0.809. The maximum Gasteiger partial charge on any atom is 0.161 e. The quantitative estimate of drug-likeness (QED) is 0.795. The average molecular weight is 285 g/mol. The van der Waals surface area contributed by atoms with Crippen LogP contribution in [0.1, 0.15) is 25.5 Å². The molecule has 0 amide bonds. The first-order valence-corrected chi connectivity index (χ1v) is 7.95. The molecule has 0 aliphatic rings. The Morgan fingerprint density at radius 3 is 2.42 bits per heavy atom. The van der Waals surface area contributed by atoms with Gasteiger partial charge in [-0.15, -0.1) is 0 Å². The first kappa shape index (κ1) is 16.0. The molecule has 1 aromatic carbocycles. The third-order valence-electron chi connectivity index (χ3n) is 2.94. The fourth-order valence-corrected chi connectivity index (χ4v) is 2.81. The molecular weight excluding hydrogens is 262 g/mol. The highest BCUT2D eigenvalue weighted by Gasteiger charge is 2.15. The van der Waals surface area contributed by atoms with Crippen molar-refractivity contribution < 1.29 is 13.7 Å². The van der Waals surface area contributed by atoms with Gasteiger partial charge in [-0.05, 0) is 24.2 Å². The van der Waals surface area contributed by atoms with Crippen LogP contribution in [0.25, 0.3) is 0 Å². The van der Waals surface area contributed by atoms with Crippen molar-refractivity contribution in [1.29, 1.82) is 0 Å². The van der Waals surface area contributed by atoms with Gasteiger partial charge in [0, 0.05) is 28.3 Å². The Balaban J connectivity index is 2.98. The molecule has 0 aliphatic carbocycles. The lowest BCUT2D eigenvalue weighted by atomic mass is 10.1. The van der Waals surface area contributed by atoms with E-state index in [1.807, 2.05) is 32.0 Å². The highest BCUT2D eigenvalue weighted by atomic mass is 32.2. The molecule has 1 N–H and O–H groups in total. The monoisotopic (exact) mass is 285 g/mol. The fourth-order valence-electron chi connectivity index (χ4n) is 1.89. The molecule has 1 aromatic rings. The molecule has 0 bridgehead atoms. The summed E-state index contributed by atoms with van der Waals surface area (Å²) < 4.78 is 22.3. The summed E-state index contributed by atoms with van der Waals surface area (Å²) in [5.41, 5.74) is 1.07. The lowest BCUT2D eigenvalue weighted by Gasteiger charge is -2.19. The first-order chi connectivity index (χ1) is 9.15. The van der Waals surface area contributed by atoms with E-state index in [9.17, 15) is 4.21 Å². The maximum absolute atomic E-state index is 11.8. The Kier molecular flexibility index (Phi) is 6.87. The second kappa shape index (κ2) is 8.17. The highest BCUT2D eigenvalue weighted by Crippen LogP contribution is 2.30. The van der Waals surface area contributed by atoms with E-state index in [2.05, 4.69) is 5.32 Å². The molecule has 2 unspecified atom stereocenters. The number of benzene rings is 1. The van der Waals surface area contributed by atoms with Gasteiger partial charge in [-0.25, -0.2) is 0 Å². The third kappa shape index (κ3) is 4.51. The molecule has 0 aromatic heterocycles. The van der Waals surface area contributed by atoms with Gasteiger partial charge in [-0.2, -0.15) is 0 Å². The molecule has 108 valence electrons. The normalized spacial score (nSPS) is 13.9. The molecule has 19 heavy (non-hydrogen) atoms. The lowest BCUT2D eigenvalue weighted by Crippen LogP contribution is -2.26. The van der Waals surface area contributed by atoms with Crippen LogP contribution in [0.15, 0.2) is 18.2 Å². The summed E-state index contributed by atoms with van der Waals surface area (Å²) >= 11 is 0. The van der Waals surface area contributed by atoms with Gasteiger partial charge in [0.05, 0.1) is 14.2 Å². The van der Waals surface area contributed by atoms with Crippen molar-refractivity contribution in [2.75, 3.05) is 32.3 Å². The van der Waals surface area contributed by atoms with Crippen molar-refractivity contribution in [3.8, 4) is 11.5 Å². The van der Waals surface area contributed by atoms with Crippen LogP contribution in [0.2, 0.25) is 0 Å². The number of nitrogens with one attached hydrogen (secondary N) is 1. The topological polar surface area (TPSA) is 47.6 Å². The maximum atomic E-state index is 11.8. The molecule has 1 rings (SSSR count). The second-order valence-electron chi connectivity index (χ2n) is 4.12. The molecule has 0 saturated carbocycles. The molecule has 0 fully saturated rings. The highest BCUT2D eigenvalue weighted by molar-refractivity contribution is 7.84. The van der Waals surface area contributed by atoms with Crippen molar-refractivity contribution in [2.45, 2.75) is 19.9 Å². The average Bonchev–Trinajstić information content (AvgIpc) is 2.45. The smallest absolute Gasteiger partial charge is 0.161 e. The SMILES string of the molecule is CCNC(CS(=O)CC)c1ccc(OC)c(OC)c1. The summed E-state index contributed by atoms with van der Waals surface area (Å²) in [5, 5.41) is 3.36. The summed E-state index contributed by atoms with van der Waals surface area (Å²) in [4.78, 5) is 0. The van der Waals surface area contributed by atoms with E-state index in [0.717, 1.165) is 12.1 Å². The van der Waals surface area contributed by atoms with E-state index in [-0.39, 0.29) is 6.04 Å². The minimum absolute atomic E-state index is 0.0746. The van der Waals surface area contributed by atoms with Crippen LogP contribution >= 0.6 is 0 Å². The van der Waals surface area contributed by atoms with Crippen LogP contribution in [-0.4, -0.2) is 36.5 Å². The molecule has 0 aliphatic heterocycles. The van der Waals surface area contributed by atoms with E-state index in [1.54, 1.807) is 14.2 Å². The van der Waals surface area contributed by atoms with Crippen molar-refractivity contribution in [1.82, 2.24) is 5.32 Å². The Labute approximate surface area is 118 Å². The number of ether oxygens (including phenoxy) is 2. The minimum Gasteiger partial charge on any atom is -0.493 e. The number of hydrogen-bond donors (Lipinski definition) is 1.